The van der Waals surface area contributed by atoms with Gasteiger partial charge in [0.15, 0.2) is 17.5 Å². The third-order valence-electron chi connectivity index (χ3n) is 7.85. The predicted molar refractivity (Wildman–Crippen MR) is 189 cm³/mol. The van der Waals surface area contributed by atoms with Gasteiger partial charge in [-0.25, -0.2) is 15.0 Å². The highest BCUT2D eigenvalue weighted by Crippen LogP contribution is 2.41. The number of phenols is 1. The average Bonchev–Trinajstić information content (AvgIpc) is 3.05. The molecule has 47 heavy (non-hydrogen) atoms. The van der Waals surface area contributed by atoms with Crippen LogP contribution in [0.15, 0.2) is 48.5 Å². The molecule has 252 valence electrons. The van der Waals surface area contributed by atoms with E-state index in [1.165, 1.54) is 0 Å². The Kier molecular flexibility index (Phi) is 13.7. The molecule has 3 aromatic carbocycles. The molecule has 0 saturated carbocycles. The minimum Gasteiger partial charge on any atom is -0.507 e. The van der Waals surface area contributed by atoms with Crippen LogP contribution in [0.25, 0.3) is 34.2 Å². The van der Waals surface area contributed by atoms with E-state index in [4.69, 9.17) is 33.9 Å². The lowest BCUT2D eigenvalue weighted by molar-refractivity contribution is 0.292. The van der Waals surface area contributed by atoms with Crippen molar-refractivity contribution in [2.45, 2.75) is 92.9 Å². The zero-order valence-electron chi connectivity index (χ0n) is 29.0. The molecule has 0 amide bonds. The molecule has 0 atom stereocenters. The van der Waals surface area contributed by atoms with Gasteiger partial charge in [-0.3, -0.25) is 0 Å². The molecule has 0 saturated heterocycles. The van der Waals surface area contributed by atoms with Gasteiger partial charge in [-0.15, -0.1) is 0 Å². The molecular weight excluding hydrogens is 590 g/mol. The number of benzene rings is 3. The van der Waals surface area contributed by atoms with Crippen LogP contribution in [0.2, 0.25) is 0 Å². The summed E-state index contributed by atoms with van der Waals surface area (Å²) >= 11 is 0. The summed E-state index contributed by atoms with van der Waals surface area (Å²) in [4.78, 5) is 14.9. The number of hydrogen-bond acceptors (Lipinski definition) is 8. The van der Waals surface area contributed by atoms with Gasteiger partial charge in [0.1, 0.15) is 34.3 Å². The van der Waals surface area contributed by atoms with Gasteiger partial charge in [-0.1, -0.05) is 53.4 Å². The van der Waals surface area contributed by atoms with E-state index in [1.54, 1.807) is 6.07 Å². The first-order valence-electron chi connectivity index (χ1n) is 17.2. The van der Waals surface area contributed by atoms with Gasteiger partial charge in [0.05, 0.1) is 26.4 Å². The predicted octanol–water partition coefficient (Wildman–Crippen LogP) is 9.91. The van der Waals surface area contributed by atoms with Crippen molar-refractivity contribution in [3.63, 3.8) is 0 Å². The van der Waals surface area contributed by atoms with Crippen LogP contribution in [-0.4, -0.2) is 46.5 Å². The number of aromatic nitrogens is 3. The molecular formula is C39H51N3O5. The number of aromatic hydroxyl groups is 1. The van der Waals surface area contributed by atoms with Crippen LogP contribution >= 0.6 is 0 Å². The van der Waals surface area contributed by atoms with Gasteiger partial charge in [-0.05, 0) is 87.1 Å². The van der Waals surface area contributed by atoms with Crippen LogP contribution in [0.1, 0.15) is 90.2 Å². The number of rotatable bonds is 19. The molecule has 1 aromatic heterocycles. The summed E-state index contributed by atoms with van der Waals surface area (Å²) in [5.74, 6) is 3.93. The lowest BCUT2D eigenvalue weighted by atomic mass is 10.1. The second-order valence-electron chi connectivity index (χ2n) is 11.9. The summed E-state index contributed by atoms with van der Waals surface area (Å²) in [7, 11) is 0. The first-order chi connectivity index (χ1) is 22.9. The highest BCUT2D eigenvalue weighted by atomic mass is 16.5. The fourth-order valence-corrected chi connectivity index (χ4v) is 5.01. The van der Waals surface area contributed by atoms with E-state index in [1.807, 2.05) is 56.3 Å². The van der Waals surface area contributed by atoms with Crippen molar-refractivity contribution in [2.24, 2.45) is 0 Å². The SMILES string of the molecule is CCCCOc1ccc(-c2nc(-c3ccc(OCCCC)cc3C)nc(-c3c(O)cc(OCCCC)cc3OCCCC)n2)c(C)c1. The summed E-state index contributed by atoms with van der Waals surface area (Å²) in [5, 5.41) is 11.5. The largest absolute Gasteiger partial charge is 0.507 e. The number of hydrogen-bond donors (Lipinski definition) is 1. The molecule has 1 N–H and O–H groups in total. The number of phenolic OH excluding ortho intramolecular Hbond substituents is 1. The van der Waals surface area contributed by atoms with E-state index in [2.05, 4.69) is 27.7 Å². The van der Waals surface area contributed by atoms with Gasteiger partial charge < -0.3 is 24.1 Å². The van der Waals surface area contributed by atoms with Gasteiger partial charge in [-0.2, -0.15) is 0 Å². The highest BCUT2D eigenvalue weighted by molar-refractivity contribution is 5.77. The minimum absolute atomic E-state index is 0.0126. The van der Waals surface area contributed by atoms with Gasteiger partial charge in [0.25, 0.3) is 0 Å². The maximum atomic E-state index is 11.5. The monoisotopic (exact) mass is 641 g/mol. The summed E-state index contributed by atoms with van der Waals surface area (Å²) in [6, 6.07) is 15.3. The maximum Gasteiger partial charge on any atom is 0.171 e. The van der Waals surface area contributed by atoms with E-state index >= 15 is 0 Å². The van der Waals surface area contributed by atoms with Crippen molar-refractivity contribution in [1.82, 2.24) is 15.0 Å². The van der Waals surface area contributed by atoms with Gasteiger partial charge in [0.2, 0.25) is 0 Å². The van der Waals surface area contributed by atoms with Gasteiger partial charge in [0, 0.05) is 23.3 Å². The Morgan fingerprint density at radius 3 is 1.38 bits per heavy atom. The Hall–Kier alpha value is -4.33. The number of aryl methyl sites for hydroxylation is 2. The van der Waals surface area contributed by atoms with Crippen molar-refractivity contribution < 1.29 is 24.1 Å². The van der Waals surface area contributed by atoms with E-state index in [0.717, 1.165) is 85.1 Å². The second-order valence-corrected chi connectivity index (χ2v) is 11.9. The Bertz CT molecular complexity index is 1510. The minimum atomic E-state index is -0.0126. The Morgan fingerprint density at radius 1 is 0.511 bits per heavy atom. The summed E-state index contributed by atoms with van der Waals surface area (Å²) < 4.78 is 24.1. The maximum absolute atomic E-state index is 11.5. The molecule has 0 unspecified atom stereocenters. The van der Waals surface area contributed by atoms with Crippen LogP contribution in [0.3, 0.4) is 0 Å². The van der Waals surface area contributed by atoms with E-state index in [-0.39, 0.29) is 5.75 Å². The van der Waals surface area contributed by atoms with Crippen molar-refractivity contribution >= 4 is 0 Å². The molecule has 0 spiro atoms. The van der Waals surface area contributed by atoms with Crippen LogP contribution < -0.4 is 18.9 Å². The number of ether oxygens (including phenoxy) is 4. The van der Waals surface area contributed by atoms with Gasteiger partial charge >= 0.3 is 0 Å². The van der Waals surface area contributed by atoms with Crippen molar-refractivity contribution in [3.8, 4) is 62.9 Å². The molecule has 4 rings (SSSR count). The Labute approximate surface area is 280 Å². The zero-order chi connectivity index (χ0) is 33.6. The molecule has 0 aliphatic rings. The smallest absolute Gasteiger partial charge is 0.171 e. The highest BCUT2D eigenvalue weighted by Gasteiger charge is 2.22. The third kappa shape index (κ3) is 9.83. The van der Waals surface area contributed by atoms with Crippen molar-refractivity contribution in [3.05, 3.63) is 59.7 Å². The molecule has 1 heterocycles. The molecule has 0 aliphatic carbocycles. The number of unbranched alkanes of at least 4 members (excludes halogenated alkanes) is 4. The molecule has 4 aromatic rings. The summed E-state index contributed by atoms with van der Waals surface area (Å²) in [5.41, 5.74) is 4.05. The molecule has 0 fully saturated rings. The fraction of sp³-hybridized carbons (Fsp3) is 0.462. The van der Waals surface area contributed by atoms with Crippen LogP contribution in [0.4, 0.5) is 0 Å². The standard InChI is InChI=1S/C39H51N3O5/c1-7-11-19-44-29-15-17-32(27(5)23-29)37-40-38(33-18-16-30(24-28(33)6)45-20-12-8-2)42-39(41-37)36-34(43)25-31(46-21-13-9-3)26-35(36)47-22-14-10-4/h15-18,23-26,43H,7-14,19-22H2,1-6H3. The lowest BCUT2D eigenvalue weighted by Crippen LogP contribution is -2.05. The van der Waals surface area contributed by atoms with Crippen LogP contribution in [0, 0.1) is 13.8 Å². The first kappa shape index (κ1) is 35.5. The lowest BCUT2D eigenvalue weighted by Gasteiger charge is -2.17. The van der Waals surface area contributed by atoms with E-state index < -0.39 is 0 Å². The van der Waals surface area contributed by atoms with E-state index in [0.29, 0.717) is 61.0 Å². The molecule has 0 aliphatic heterocycles. The van der Waals surface area contributed by atoms with Crippen LogP contribution in [0.5, 0.6) is 28.7 Å². The summed E-state index contributed by atoms with van der Waals surface area (Å²) in [6.07, 6.45) is 7.91. The number of nitrogens with zero attached hydrogens (tertiary/aromatic N) is 3. The second kappa shape index (κ2) is 18.1. The molecule has 0 radical (unpaired) electrons. The quantitative estimate of drug-likeness (QED) is 0.101. The van der Waals surface area contributed by atoms with Crippen molar-refractivity contribution in [1.29, 1.82) is 0 Å². The first-order valence-corrected chi connectivity index (χ1v) is 17.2. The third-order valence-corrected chi connectivity index (χ3v) is 7.85. The molecule has 0 bridgehead atoms. The Morgan fingerprint density at radius 2 is 0.936 bits per heavy atom. The molecule has 8 heteroatoms. The molecule has 8 nitrogen and oxygen atoms in total. The summed E-state index contributed by atoms with van der Waals surface area (Å²) in [6.45, 7) is 15.0. The Balaban J connectivity index is 1.85. The average molecular weight is 642 g/mol. The van der Waals surface area contributed by atoms with Crippen LogP contribution in [-0.2, 0) is 0 Å². The fourth-order valence-electron chi connectivity index (χ4n) is 5.01. The normalized spacial score (nSPS) is 11.0. The van der Waals surface area contributed by atoms with Crippen molar-refractivity contribution in [2.75, 3.05) is 26.4 Å². The zero-order valence-corrected chi connectivity index (χ0v) is 29.0. The topological polar surface area (TPSA) is 95.8 Å². The van der Waals surface area contributed by atoms with E-state index in [9.17, 15) is 5.11 Å².